The number of carbonyl (C=O) groups excluding carboxylic acids is 4. The van der Waals surface area contributed by atoms with Gasteiger partial charge in [0, 0.05) is 23.0 Å². The molecule has 0 amide bonds. The van der Waals surface area contributed by atoms with E-state index < -0.39 is 12.3 Å². The summed E-state index contributed by atoms with van der Waals surface area (Å²) >= 11 is 0. The molecule has 0 bridgehead atoms. The lowest BCUT2D eigenvalue weighted by Gasteiger charge is -2.20. The molecule has 6 aliphatic rings. The number of unbranched alkanes of at least 4 members (excludes halogenated alkanes) is 2. The minimum Gasteiger partial charge on any atom is -0.455 e. The summed E-state index contributed by atoms with van der Waals surface area (Å²) in [5.74, 6) is -0.956. The first kappa shape index (κ1) is 35.2. The Hall–Kier alpha value is -3.64. The molecule has 8 atom stereocenters. The highest BCUT2D eigenvalue weighted by atomic mass is 16.7. The van der Waals surface area contributed by atoms with E-state index in [-0.39, 0.29) is 85.8 Å². The molecule has 12 heteroatoms. The summed E-state index contributed by atoms with van der Waals surface area (Å²) in [5, 5.41) is 0. The van der Waals surface area contributed by atoms with Crippen molar-refractivity contribution in [3.63, 3.8) is 0 Å². The van der Waals surface area contributed by atoms with Crippen LogP contribution in [0.5, 0.6) is 0 Å². The Kier molecular flexibility index (Phi) is 10.5. The van der Waals surface area contributed by atoms with Gasteiger partial charge in [-0.15, -0.1) is 0 Å². The Morgan fingerprint density at radius 2 is 1.14 bits per heavy atom. The Morgan fingerprint density at radius 1 is 0.714 bits per heavy atom. The van der Waals surface area contributed by atoms with Crippen molar-refractivity contribution in [1.29, 1.82) is 0 Å². The molecule has 0 saturated carbocycles. The molecular formula is C37H48O12. The topological polar surface area (TPSA) is 149 Å². The zero-order valence-corrected chi connectivity index (χ0v) is 28.5. The molecule has 0 aromatic carbocycles. The van der Waals surface area contributed by atoms with E-state index in [4.69, 9.17) is 37.9 Å². The van der Waals surface area contributed by atoms with Gasteiger partial charge in [-0.1, -0.05) is 25.3 Å². The Bertz CT molecular complexity index is 1310. The van der Waals surface area contributed by atoms with Gasteiger partial charge in [0.1, 0.15) is 37.6 Å². The minimum atomic E-state index is -0.739. The van der Waals surface area contributed by atoms with E-state index in [0.29, 0.717) is 56.1 Å². The van der Waals surface area contributed by atoms with Gasteiger partial charge in [0.05, 0.1) is 24.4 Å². The maximum atomic E-state index is 12.2. The van der Waals surface area contributed by atoms with Crippen LogP contribution in [0.25, 0.3) is 0 Å². The molecule has 4 heterocycles. The fourth-order valence-corrected chi connectivity index (χ4v) is 7.58. The number of hydrogen-bond donors (Lipinski definition) is 0. The lowest BCUT2D eigenvalue weighted by Crippen LogP contribution is -2.29. The van der Waals surface area contributed by atoms with Gasteiger partial charge >= 0.3 is 24.2 Å². The predicted octanol–water partition coefficient (Wildman–Crippen LogP) is 5.97. The van der Waals surface area contributed by atoms with E-state index in [1.807, 2.05) is 13.8 Å². The van der Waals surface area contributed by atoms with Crippen LogP contribution in [-0.2, 0) is 47.5 Å². The zero-order chi connectivity index (χ0) is 34.8. The van der Waals surface area contributed by atoms with Crippen LogP contribution in [0.1, 0.15) is 84.5 Å². The maximum absolute atomic E-state index is 12.2. The summed E-state index contributed by atoms with van der Waals surface area (Å²) in [6.07, 6.45) is 9.45. The highest BCUT2D eigenvalue weighted by Gasteiger charge is 2.62. The van der Waals surface area contributed by atoms with Crippen LogP contribution in [0.15, 0.2) is 47.6 Å². The monoisotopic (exact) mass is 684 g/mol. The number of fused-ring (bicyclic) bond motifs is 6. The maximum Gasteiger partial charge on any atom is 0.508 e. The standard InChI is InChI=1S/C37H48O12/c1-22-26-14-12-24(10-8-16-36(3)30(48-36)28(26)46-32(22)38)20-44-34(40)42-18-6-5-7-19-43-35(41)45-21-25-11-9-17-37(4)31(49-37)29-27(15-13-25)23(2)33(39)47-29/h10-11,26-31H,1-2,5-9,12-21H2,3-4H3/b24-10+,25-11+/t26-,27-,28-,29-,30-,31-,36+,37+/m0/s1. The largest absolute Gasteiger partial charge is 0.508 e. The normalized spacial score (nSPS) is 37.3. The number of epoxide rings is 2. The van der Waals surface area contributed by atoms with Gasteiger partial charge in [-0.05, 0) is 95.6 Å². The average Bonchev–Trinajstić information content (AvgIpc) is 3.88. The van der Waals surface area contributed by atoms with Gasteiger partial charge < -0.3 is 37.9 Å². The van der Waals surface area contributed by atoms with Crippen molar-refractivity contribution >= 4 is 24.2 Å². The predicted molar refractivity (Wildman–Crippen MR) is 173 cm³/mol. The minimum absolute atomic E-state index is 0.102. The van der Waals surface area contributed by atoms with Crippen LogP contribution in [0.2, 0.25) is 0 Å². The first-order chi connectivity index (χ1) is 23.5. The number of carbonyl (C=O) groups is 4. The van der Waals surface area contributed by atoms with Crippen molar-refractivity contribution < 1.29 is 57.1 Å². The highest BCUT2D eigenvalue weighted by Crippen LogP contribution is 2.51. The van der Waals surface area contributed by atoms with Crippen molar-refractivity contribution in [1.82, 2.24) is 0 Å². The van der Waals surface area contributed by atoms with Crippen LogP contribution in [0.3, 0.4) is 0 Å². The highest BCUT2D eigenvalue weighted by molar-refractivity contribution is 5.91. The lowest BCUT2D eigenvalue weighted by atomic mass is 9.84. The van der Waals surface area contributed by atoms with Gasteiger partial charge in [-0.25, -0.2) is 19.2 Å². The van der Waals surface area contributed by atoms with E-state index in [0.717, 1.165) is 36.8 Å². The van der Waals surface area contributed by atoms with E-state index in [2.05, 4.69) is 25.3 Å². The summed E-state index contributed by atoms with van der Waals surface area (Å²) < 4.78 is 44.3. The second-order valence-corrected chi connectivity index (χ2v) is 14.4. The van der Waals surface area contributed by atoms with Crippen molar-refractivity contribution in [3.05, 3.63) is 47.6 Å². The number of ether oxygens (including phenoxy) is 8. The number of hydrogen-bond acceptors (Lipinski definition) is 12. The third kappa shape index (κ3) is 8.23. The third-order valence-electron chi connectivity index (χ3n) is 10.9. The fourth-order valence-electron chi connectivity index (χ4n) is 7.58. The zero-order valence-electron chi connectivity index (χ0n) is 28.5. The average molecular weight is 685 g/mol. The molecule has 0 spiro atoms. The van der Waals surface area contributed by atoms with Crippen LogP contribution in [0.4, 0.5) is 9.59 Å². The van der Waals surface area contributed by atoms with E-state index in [1.165, 1.54) is 0 Å². The van der Waals surface area contributed by atoms with E-state index >= 15 is 0 Å². The Morgan fingerprint density at radius 3 is 1.57 bits per heavy atom. The van der Waals surface area contributed by atoms with Crippen LogP contribution < -0.4 is 0 Å². The third-order valence-corrected chi connectivity index (χ3v) is 10.9. The van der Waals surface area contributed by atoms with Gasteiger partial charge in [-0.2, -0.15) is 0 Å². The summed E-state index contributed by atoms with van der Waals surface area (Å²) in [7, 11) is 0. The van der Waals surface area contributed by atoms with E-state index in [1.54, 1.807) is 0 Å². The molecule has 0 aromatic rings. The molecule has 49 heavy (non-hydrogen) atoms. The lowest BCUT2D eigenvalue weighted by molar-refractivity contribution is -0.140. The summed E-state index contributed by atoms with van der Waals surface area (Å²) in [5.41, 5.74) is 2.24. The first-order valence-corrected chi connectivity index (χ1v) is 17.6. The summed E-state index contributed by atoms with van der Waals surface area (Å²) in [6, 6.07) is 0. The van der Waals surface area contributed by atoms with Crippen LogP contribution in [-0.4, -0.2) is 86.3 Å². The molecular weight excluding hydrogens is 636 g/mol. The molecule has 268 valence electrons. The van der Waals surface area contributed by atoms with E-state index in [9.17, 15) is 19.2 Å². The second-order valence-electron chi connectivity index (χ2n) is 14.4. The van der Waals surface area contributed by atoms with Gasteiger partial charge in [-0.3, -0.25) is 0 Å². The number of rotatable bonds is 10. The van der Waals surface area contributed by atoms with Gasteiger partial charge in [0.15, 0.2) is 0 Å². The van der Waals surface area contributed by atoms with Gasteiger partial charge in [0.25, 0.3) is 0 Å². The number of esters is 2. The van der Waals surface area contributed by atoms with Crippen molar-refractivity contribution in [2.24, 2.45) is 11.8 Å². The molecule has 6 rings (SSSR count). The molecule has 4 saturated heterocycles. The van der Waals surface area contributed by atoms with Crippen molar-refractivity contribution in [3.8, 4) is 0 Å². The molecule has 4 aliphatic heterocycles. The SMILES string of the molecule is C=C1C(=O)O[C@H]2[C@H]1CC/C(COC(=O)OCCCCCOC(=O)OC/C1=C/CC[C@@]3(C)O[C@H]3[C@H]3OC(=O)C(=C)[C@@H]3CC1)=C\CC[C@@]1(C)O[C@@H]21. The van der Waals surface area contributed by atoms with Gasteiger partial charge in [0.2, 0.25) is 0 Å². The number of allylic oxidation sites excluding steroid dienone is 2. The molecule has 2 aliphatic carbocycles. The molecule has 0 unspecified atom stereocenters. The Labute approximate surface area is 287 Å². The quantitative estimate of drug-likeness (QED) is 0.0666. The summed E-state index contributed by atoms with van der Waals surface area (Å²) in [6.45, 7) is 12.5. The first-order valence-electron chi connectivity index (χ1n) is 17.6. The fraction of sp³-hybridized carbons (Fsp3) is 0.676. The van der Waals surface area contributed by atoms with Crippen molar-refractivity contribution in [2.75, 3.05) is 26.4 Å². The van der Waals surface area contributed by atoms with Crippen LogP contribution >= 0.6 is 0 Å². The summed E-state index contributed by atoms with van der Waals surface area (Å²) in [4.78, 5) is 48.8. The van der Waals surface area contributed by atoms with Crippen molar-refractivity contribution in [2.45, 2.75) is 120 Å². The smallest absolute Gasteiger partial charge is 0.455 e. The molecule has 12 nitrogen and oxygen atoms in total. The second kappa shape index (κ2) is 14.7. The Balaban J connectivity index is 0.829. The molecule has 0 aromatic heterocycles. The van der Waals surface area contributed by atoms with Crippen LogP contribution in [0, 0.1) is 11.8 Å². The molecule has 0 radical (unpaired) electrons. The molecule has 4 fully saturated rings. The molecule has 0 N–H and O–H groups in total.